The highest BCUT2D eigenvalue weighted by atomic mass is 127. The van der Waals surface area contributed by atoms with Crippen LogP contribution in [0, 0.1) is 18.2 Å². The molecule has 0 saturated carbocycles. The van der Waals surface area contributed by atoms with Gasteiger partial charge in [0, 0.05) is 39.4 Å². The van der Waals surface area contributed by atoms with Crippen molar-refractivity contribution in [3.63, 3.8) is 0 Å². The molecule has 1 amide bonds. The number of aliphatic imine (C=N–C) groups is 1. The van der Waals surface area contributed by atoms with Crippen LogP contribution in [0.2, 0.25) is 0 Å². The molecule has 154 valence electrons. The number of hydrogen-bond donors (Lipinski definition) is 3. The van der Waals surface area contributed by atoms with E-state index in [9.17, 15) is 9.18 Å². The number of ether oxygens (including phenoxy) is 1. The van der Waals surface area contributed by atoms with Crippen molar-refractivity contribution in [2.24, 2.45) is 10.4 Å². The SMILES string of the molecule is CN=C(NCCNC(=O)c1ccc(C)c(F)c1)NCC(OC)C(C)(C)C.I. The van der Waals surface area contributed by atoms with Crippen molar-refractivity contribution in [1.82, 2.24) is 16.0 Å². The Kier molecular flexibility index (Phi) is 11.5. The van der Waals surface area contributed by atoms with Gasteiger partial charge < -0.3 is 20.7 Å². The van der Waals surface area contributed by atoms with E-state index in [4.69, 9.17) is 4.74 Å². The lowest BCUT2D eigenvalue weighted by Crippen LogP contribution is -2.46. The van der Waals surface area contributed by atoms with E-state index in [0.717, 1.165) is 0 Å². The molecular weight excluding hydrogens is 462 g/mol. The predicted octanol–water partition coefficient (Wildman–Crippen LogP) is 2.71. The average Bonchev–Trinajstić information content (AvgIpc) is 2.58. The summed E-state index contributed by atoms with van der Waals surface area (Å²) in [7, 11) is 3.37. The summed E-state index contributed by atoms with van der Waals surface area (Å²) in [5.41, 5.74) is 0.837. The summed E-state index contributed by atoms with van der Waals surface area (Å²) in [6, 6.07) is 4.45. The van der Waals surface area contributed by atoms with E-state index >= 15 is 0 Å². The summed E-state index contributed by atoms with van der Waals surface area (Å²) in [5, 5.41) is 9.08. The van der Waals surface area contributed by atoms with Gasteiger partial charge in [-0.2, -0.15) is 0 Å². The quantitative estimate of drug-likeness (QED) is 0.236. The minimum Gasteiger partial charge on any atom is -0.379 e. The molecule has 1 aromatic rings. The number of amides is 1. The van der Waals surface area contributed by atoms with Crippen molar-refractivity contribution >= 4 is 35.8 Å². The first-order chi connectivity index (χ1) is 12.2. The average molecular weight is 494 g/mol. The number of carbonyl (C=O) groups excluding carboxylic acids is 1. The Labute approximate surface area is 178 Å². The lowest BCUT2D eigenvalue weighted by Gasteiger charge is -2.30. The highest BCUT2D eigenvalue weighted by Gasteiger charge is 2.24. The summed E-state index contributed by atoms with van der Waals surface area (Å²) in [4.78, 5) is 16.2. The van der Waals surface area contributed by atoms with Crippen LogP contribution in [-0.4, -0.2) is 51.8 Å². The van der Waals surface area contributed by atoms with E-state index in [-0.39, 0.29) is 47.2 Å². The molecule has 27 heavy (non-hydrogen) atoms. The van der Waals surface area contributed by atoms with E-state index in [2.05, 4.69) is 41.7 Å². The predicted molar refractivity (Wildman–Crippen MR) is 119 cm³/mol. The van der Waals surface area contributed by atoms with E-state index in [1.54, 1.807) is 33.2 Å². The number of guanidine groups is 1. The number of benzene rings is 1. The molecule has 0 aliphatic rings. The molecule has 0 radical (unpaired) electrons. The molecule has 0 aromatic heterocycles. The number of rotatable bonds is 7. The van der Waals surface area contributed by atoms with Crippen LogP contribution in [0.3, 0.4) is 0 Å². The zero-order chi connectivity index (χ0) is 19.7. The van der Waals surface area contributed by atoms with E-state index in [0.29, 0.717) is 36.7 Å². The van der Waals surface area contributed by atoms with Crippen molar-refractivity contribution in [3.8, 4) is 0 Å². The molecule has 0 fully saturated rings. The van der Waals surface area contributed by atoms with Crippen LogP contribution in [0.4, 0.5) is 4.39 Å². The minimum absolute atomic E-state index is 0. The van der Waals surface area contributed by atoms with E-state index < -0.39 is 0 Å². The number of halogens is 2. The second-order valence-electron chi connectivity index (χ2n) is 7.19. The standard InChI is InChI=1S/C19H31FN4O2.HI/c1-13-7-8-14(11-15(13)20)17(25)22-9-10-23-18(21-5)24-12-16(26-6)19(2,3)4;/h7-8,11,16H,9-10,12H2,1-6H3,(H,22,25)(H2,21,23,24);1H. The van der Waals surface area contributed by atoms with Gasteiger partial charge in [0.25, 0.3) is 5.91 Å². The Morgan fingerprint density at radius 3 is 2.37 bits per heavy atom. The third kappa shape index (κ3) is 8.87. The van der Waals surface area contributed by atoms with E-state index in [1.807, 2.05) is 0 Å². The Morgan fingerprint density at radius 2 is 1.85 bits per heavy atom. The minimum atomic E-state index is -0.382. The Morgan fingerprint density at radius 1 is 1.22 bits per heavy atom. The Bertz CT molecular complexity index is 633. The fourth-order valence-corrected chi connectivity index (χ4v) is 2.35. The molecule has 1 unspecified atom stereocenters. The zero-order valence-corrected chi connectivity index (χ0v) is 19.3. The Balaban J connectivity index is 0.00000676. The summed E-state index contributed by atoms with van der Waals surface area (Å²) >= 11 is 0. The first kappa shape index (κ1) is 25.6. The topological polar surface area (TPSA) is 74.8 Å². The number of aryl methyl sites for hydroxylation is 1. The molecule has 3 N–H and O–H groups in total. The molecule has 1 atom stereocenters. The third-order valence-corrected chi connectivity index (χ3v) is 4.07. The molecule has 1 aromatic carbocycles. The maximum absolute atomic E-state index is 13.5. The van der Waals surface area contributed by atoms with Crippen molar-refractivity contribution in [2.45, 2.75) is 33.8 Å². The normalized spacial score (nSPS) is 12.8. The number of methoxy groups -OCH3 is 1. The number of carbonyl (C=O) groups is 1. The summed E-state index contributed by atoms with van der Waals surface area (Å²) in [6.45, 7) is 9.50. The molecule has 6 nitrogen and oxygen atoms in total. The van der Waals surface area contributed by atoms with E-state index in [1.165, 1.54) is 6.07 Å². The van der Waals surface area contributed by atoms with Crippen molar-refractivity contribution < 1.29 is 13.9 Å². The second kappa shape index (κ2) is 12.1. The molecule has 0 bridgehead atoms. The van der Waals surface area contributed by atoms with Crippen molar-refractivity contribution in [3.05, 3.63) is 35.1 Å². The second-order valence-corrected chi connectivity index (χ2v) is 7.19. The van der Waals surface area contributed by atoms with Crippen LogP contribution < -0.4 is 16.0 Å². The zero-order valence-electron chi connectivity index (χ0n) is 17.0. The molecule has 0 spiro atoms. The van der Waals surface area contributed by atoms with Crippen LogP contribution in [0.5, 0.6) is 0 Å². The fourth-order valence-electron chi connectivity index (χ4n) is 2.35. The Hall–Kier alpha value is -1.42. The van der Waals surface area contributed by atoms with Gasteiger partial charge in [-0.05, 0) is 30.0 Å². The number of hydrogen-bond acceptors (Lipinski definition) is 3. The smallest absolute Gasteiger partial charge is 0.251 e. The van der Waals surface area contributed by atoms with Gasteiger partial charge in [-0.15, -0.1) is 24.0 Å². The third-order valence-electron chi connectivity index (χ3n) is 4.07. The maximum Gasteiger partial charge on any atom is 0.251 e. The molecule has 0 aliphatic carbocycles. The largest absolute Gasteiger partial charge is 0.379 e. The van der Waals surface area contributed by atoms with Gasteiger partial charge in [-0.1, -0.05) is 26.8 Å². The highest BCUT2D eigenvalue weighted by Crippen LogP contribution is 2.20. The van der Waals surface area contributed by atoms with Gasteiger partial charge in [0.2, 0.25) is 0 Å². The molecular formula is C19H32FIN4O2. The van der Waals surface area contributed by atoms with Gasteiger partial charge >= 0.3 is 0 Å². The van der Waals surface area contributed by atoms with Gasteiger partial charge in [0.05, 0.1) is 6.10 Å². The summed E-state index contributed by atoms with van der Waals surface area (Å²) in [6.07, 6.45) is 0.0391. The number of nitrogens with one attached hydrogen (secondary N) is 3. The monoisotopic (exact) mass is 494 g/mol. The van der Waals surface area contributed by atoms with Crippen LogP contribution >= 0.6 is 24.0 Å². The highest BCUT2D eigenvalue weighted by molar-refractivity contribution is 14.0. The van der Waals surface area contributed by atoms with Gasteiger partial charge in [0.15, 0.2) is 5.96 Å². The molecule has 0 heterocycles. The first-order valence-corrected chi connectivity index (χ1v) is 8.70. The molecule has 0 aliphatic heterocycles. The van der Waals surface area contributed by atoms with Crippen molar-refractivity contribution in [1.29, 1.82) is 0 Å². The van der Waals surface area contributed by atoms with Gasteiger partial charge in [-0.3, -0.25) is 9.79 Å². The van der Waals surface area contributed by atoms with Crippen LogP contribution in [-0.2, 0) is 4.74 Å². The fraction of sp³-hybridized carbons (Fsp3) is 0.579. The summed E-state index contributed by atoms with van der Waals surface area (Å²) < 4.78 is 19.0. The maximum atomic E-state index is 13.5. The first-order valence-electron chi connectivity index (χ1n) is 8.70. The summed E-state index contributed by atoms with van der Waals surface area (Å²) in [5.74, 6) is -0.0559. The van der Waals surface area contributed by atoms with Crippen molar-refractivity contribution in [2.75, 3.05) is 33.8 Å². The van der Waals surface area contributed by atoms with Gasteiger partial charge in [-0.25, -0.2) is 4.39 Å². The lowest BCUT2D eigenvalue weighted by atomic mass is 9.89. The molecule has 0 saturated heterocycles. The van der Waals surface area contributed by atoms with Crippen LogP contribution in [0.15, 0.2) is 23.2 Å². The molecule has 1 rings (SSSR count). The van der Waals surface area contributed by atoms with Gasteiger partial charge in [0.1, 0.15) is 5.82 Å². The number of nitrogens with zero attached hydrogens (tertiary/aromatic N) is 1. The van der Waals surface area contributed by atoms with Crippen LogP contribution in [0.1, 0.15) is 36.7 Å². The van der Waals surface area contributed by atoms with Crippen LogP contribution in [0.25, 0.3) is 0 Å². The molecule has 8 heteroatoms. The lowest BCUT2D eigenvalue weighted by molar-refractivity contribution is 0.0205.